The van der Waals surface area contributed by atoms with Crippen LogP contribution in [0, 0.1) is 10.1 Å². The zero-order valence-electron chi connectivity index (χ0n) is 16.4. The van der Waals surface area contributed by atoms with Crippen LogP contribution in [-0.4, -0.2) is 22.9 Å². The zero-order chi connectivity index (χ0) is 21.8. The maximum Gasteiger partial charge on any atom is 0.269 e. The van der Waals surface area contributed by atoms with Crippen LogP contribution < -0.4 is 10.1 Å². The van der Waals surface area contributed by atoms with Crippen molar-refractivity contribution >= 4 is 28.6 Å². The Morgan fingerprint density at radius 1 is 1.00 bits per heavy atom. The highest BCUT2D eigenvalue weighted by atomic mass is 32.1. The Morgan fingerprint density at radius 3 is 2.42 bits per heavy atom. The van der Waals surface area contributed by atoms with Crippen molar-refractivity contribution in [2.24, 2.45) is 0 Å². The van der Waals surface area contributed by atoms with Gasteiger partial charge >= 0.3 is 0 Å². The van der Waals surface area contributed by atoms with Gasteiger partial charge in [0.05, 0.1) is 17.7 Å². The number of hydrogen-bond donors (Lipinski definition) is 1. The fourth-order valence-electron chi connectivity index (χ4n) is 3.00. The number of nitrogens with zero attached hydrogens (tertiary/aromatic N) is 2. The third-order valence-electron chi connectivity index (χ3n) is 4.53. The Hall–Kier alpha value is -4.04. The van der Waals surface area contributed by atoms with E-state index in [9.17, 15) is 14.9 Å². The first-order chi connectivity index (χ1) is 15.0. The van der Waals surface area contributed by atoms with E-state index < -0.39 is 4.92 Å². The molecule has 0 atom stereocenters. The van der Waals surface area contributed by atoms with Crippen LogP contribution in [0.2, 0.25) is 0 Å². The van der Waals surface area contributed by atoms with Gasteiger partial charge in [-0.15, -0.1) is 11.3 Å². The van der Waals surface area contributed by atoms with Gasteiger partial charge in [0.15, 0.2) is 0 Å². The monoisotopic (exact) mass is 431 g/mol. The predicted octanol–water partition coefficient (Wildman–Crippen LogP) is 5.65. The van der Waals surface area contributed by atoms with Crippen molar-refractivity contribution in [2.75, 3.05) is 12.4 Å². The molecule has 0 radical (unpaired) electrons. The van der Waals surface area contributed by atoms with Gasteiger partial charge in [-0.05, 0) is 24.3 Å². The highest BCUT2D eigenvalue weighted by molar-refractivity contribution is 7.17. The van der Waals surface area contributed by atoms with Gasteiger partial charge in [0.1, 0.15) is 15.6 Å². The van der Waals surface area contributed by atoms with Crippen molar-refractivity contribution in [3.8, 4) is 27.6 Å². The van der Waals surface area contributed by atoms with Crippen LogP contribution in [0.3, 0.4) is 0 Å². The summed E-state index contributed by atoms with van der Waals surface area (Å²) in [5.74, 6) is 0.309. The first-order valence-corrected chi connectivity index (χ1v) is 10.1. The number of hydrogen-bond acceptors (Lipinski definition) is 6. The van der Waals surface area contributed by atoms with E-state index in [2.05, 4.69) is 10.3 Å². The molecule has 0 saturated carbocycles. The molecule has 1 aromatic heterocycles. The number of anilines is 1. The molecule has 0 bridgehead atoms. The molecular formula is C23H17N3O4S. The standard InChI is InChI=1S/C23H17N3O4S/c1-30-19-9-5-8-17(14-19)24-22(27)21-20(15-10-12-18(13-11-15)26(28)29)25-23(31-21)16-6-3-2-4-7-16/h2-14H,1H3,(H,24,27). The van der Waals surface area contributed by atoms with E-state index in [1.54, 1.807) is 43.5 Å². The van der Waals surface area contributed by atoms with Gasteiger partial charge in [-0.1, -0.05) is 36.4 Å². The van der Waals surface area contributed by atoms with Crippen LogP contribution in [0.4, 0.5) is 11.4 Å². The van der Waals surface area contributed by atoms with Crippen LogP contribution in [0.25, 0.3) is 21.8 Å². The van der Waals surface area contributed by atoms with Gasteiger partial charge in [0.25, 0.3) is 11.6 Å². The van der Waals surface area contributed by atoms with Crippen molar-refractivity contribution in [2.45, 2.75) is 0 Å². The Morgan fingerprint density at radius 2 is 1.74 bits per heavy atom. The summed E-state index contributed by atoms with van der Waals surface area (Å²) in [6.07, 6.45) is 0. The number of aromatic nitrogens is 1. The molecule has 1 heterocycles. The molecule has 0 saturated heterocycles. The third kappa shape index (κ3) is 4.44. The van der Waals surface area contributed by atoms with Crippen LogP contribution in [0.15, 0.2) is 78.9 Å². The normalized spacial score (nSPS) is 10.5. The maximum absolute atomic E-state index is 13.1. The number of carbonyl (C=O) groups is 1. The van der Waals surface area contributed by atoms with Gasteiger partial charge in [-0.3, -0.25) is 14.9 Å². The highest BCUT2D eigenvalue weighted by Gasteiger charge is 2.21. The Kier molecular flexibility index (Phi) is 5.72. The molecule has 0 aliphatic heterocycles. The fraction of sp³-hybridized carbons (Fsp3) is 0.0435. The second kappa shape index (κ2) is 8.76. The van der Waals surface area contributed by atoms with Crippen molar-refractivity contribution in [3.63, 3.8) is 0 Å². The van der Waals surface area contributed by atoms with Crippen LogP contribution in [0.1, 0.15) is 9.67 Å². The summed E-state index contributed by atoms with van der Waals surface area (Å²) >= 11 is 1.27. The summed E-state index contributed by atoms with van der Waals surface area (Å²) in [5, 5.41) is 14.6. The smallest absolute Gasteiger partial charge is 0.269 e. The first kappa shape index (κ1) is 20.2. The quantitative estimate of drug-likeness (QED) is 0.315. The number of amides is 1. The van der Waals surface area contributed by atoms with Crippen molar-refractivity contribution in [3.05, 3.63) is 93.9 Å². The average molecular weight is 431 g/mol. The van der Waals surface area contributed by atoms with E-state index in [1.165, 1.54) is 23.5 Å². The van der Waals surface area contributed by atoms with Crippen molar-refractivity contribution in [1.82, 2.24) is 4.98 Å². The molecule has 4 rings (SSSR count). The third-order valence-corrected chi connectivity index (χ3v) is 5.64. The number of nitrogens with one attached hydrogen (secondary N) is 1. The van der Waals surface area contributed by atoms with Crippen LogP contribution in [0.5, 0.6) is 5.75 Å². The average Bonchev–Trinajstić information content (AvgIpc) is 3.25. The van der Waals surface area contributed by atoms with E-state index >= 15 is 0 Å². The number of benzene rings is 3. The van der Waals surface area contributed by atoms with E-state index in [0.717, 1.165) is 5.56 Å². The summed E-state index contributed by atoms with van der Waals surface area (Å²) in [4.78, 5) is 28.8. The summed E-state index contributed by atoms with van der Waals surface area (Å²) in [6.45, 7) is 0. The number of rotatable bonds is 6. The van der Waals surface area contributed by atoms with Gasteiger partial charge in [0.2, 0.25) is 0 Å². The second-order valence-corrected chi connectivity index (χ2v) is 7.55. The molecule has 0 fully saturated rings. The minimum atomic E-state index is -0.462. The molecule has 7 nitrogen and oxygen atoms in total. The number of nitro benzene ring substituents is 1. The molecule has 0 aliphatic rings. The fourth-order valence-corrected chi connectivity index (χ4v) is 3.99. The predicted molar refractivity (Wildman–Crippen MR) is 121 cm³/mol. The van der Waals surface area contributed by atoms with Crippen molar-refractivity contribution in [1.29, 1.82) is 0 Å². The molecule has 31 heavy (non-hydrogen) atoms. The second-order valence-electron chi connectivity index (χ2n) is 6.55. The summed E-state index contributed by atoms with van der Waals surface area (Å²) in [7, 11) is 1.56. The topological polar surface area (TPSA) is 94.4 Å². The lowest BCUT2D eigenvalue weighted by Crippen LogP contribution is -2.11. The molecule has 0 spiro atoms. The molecule has 4 aromatic rings. The Bertz CT molecular complexity index is 1240. The largest absolute Gasteiger partial charge is 0.497 e. The number of methoxy groups -OCH3 is 1. The van der Waals surface area contributed by atoms with E-state index in [0.29, 0.717) is 32.6 Å². The number of thiazole rings is 1. The number of carbonyl (C=O) groups excluding carboxylic acids is 1. The highest BCUT2D eigenvalue weighted by Crippen LogP contribution is 2.35. The van der Waals surface area contributed by atoms with Gasteiger partial charge in [-0.2, -0.15) is 0 Å². The summed E-state index contributed by atoms with van der Waals surface area (Å²) in [5.41, 5.74) is 2.55. The number of non-ortho nitro benzene ring substituents is 1. The van der Waals surface area contributed by atoms with E-state index in [4.69, 9.17) is 4.74 Å². The zero-order valence-corrected chi connectivity index (χ0v) is 17.3. The Labute approximate surface area is 182 Å². The Balaban J connectivity index is 1.74. The lowest BCUT2D eigenvalue weighted by Gasteiger charge is -2.07. The molecule has 3 aromatic carbocycles. The SMILES string of the molecule is COc1cccc(NC(=O)c2sc(-c3ccccc3)nc2-c2ccc([N+](=O)[O-])cc2)c1. The summed E-state index contributed by atoms with van der Waals surface area (Å²) < 4.78 is 5.21. The van der Waals surface area contributed by atoms with E-state index in [-0.39, 0.29) is 11.6 Å². The molecule has 1 amide bonds. The molecule has 154 valence electrons. The number of nitro groups is 1. The molecule has 8 heteroatoms. The van der Waals surface area contributed by atoms with Gasteiger partial charge in [-0.25, -0.2) is 4.98 Å². The van der Waals surface area contributed by atoms with Crippen molar-refractivity contribution < 1.29 is 14.5 Å². The summed E-state index contributed by atoms with van der Waals surface area (Å²) in [6, 6.07) is 22.6. The van der Waals surface area contributed by atoms with Crippen LogP contribution in [-0.2, 0) is 0 Å². The van der Waals surface area contributed by atoms with Gasteiger partial charge < -0.3 is 10.1 Å². The lowest BCUT2D eigenvalue weighted by atomic mass is 10.1. The minimum absolute atomic E-state index is 0.0235. The minimum Gasteiger partial charge on any atom is -0.497 e. The molecule has 1 N–H and O–H groups in total. The number of ether oxygens (including phenoxy) is 1. The first-order valence-electron chi connectivity index (χ1n) is 9.31. The molecule has 0 unspecified atom stereocenters. The van der Waals surface area contributed by atoms with Gasteiger partial charge in [0, 0.05) is 35.0 Å². The lowest BCUT2D eigenvalue weighted by molar-refractivity contribution is -0.384. The molecule has 0 aliphatic carbocycles. The van der Waals surface area contributed by atoms with Crippen LogP contribution >= 0.6 is 11.3 Å². The maximum atomic E-state index is 13.1. The molecular weight excluding hydrogens is 414 g/mol. The van der Waals surface area contributed by atoms with E-state index in [1.807, 2.05) is 30.3 Å².